The predicted molar refractivity (Wildman–Crippen MR) is 86.0 cm³/mol. The molecule has 25 heavy (non-hydrogen) atoms. The predicted octanol–water partition coefficient (Wildman–Crippen LogP) is 0.0652. The summed E-state index contributed by atoms with van der Waals surface area (Å²) in [6, 6.07) is 0. The summed E-state index contributed by atoms with van der Waals surface area (Å²) in [5.74, 6) is 0.220. The highest BCUT2D eigenvalue weighted by Gasteiger charge is 2.20. The SMILES string of the molecule is CN=NCN(C)CCc1cn(-c2cnc3c(n2)NC(=O)CO3)c(=O)o1. The van der Waals surface area contributed by atoms with Gasteiger partial charge in [-0.2, -0.15) is 10.2 Å². The molecular formula is C14H17N7O4. The number of amides is 1. The molecule has 0 fully saturated rings. The first-order chi connectivity index (χ1) is 12.1. The fraction of sp³-hybridized carbons (Fsp3) is 0.429. The van der Waals surface area contributed by atoms with Crippen LogP contribution in [0.3, 0.4) is 0 Å². The van der Waals surface area contributed by atoms with Gasteiger partial charge in [0.15, 0.2) is 18.2 Å². The van der Waals surface area contributed by atoms with Gasteiger partial charge in [0.1, 0.15) is 12.4 Å². The van der Waals surface area contributed by atoms with Gasteiger partial charge >= 0.3 is 5.76 Å². The van der Waals surface area contributed by atoms with Crippen LogP contribution in [-0.4, -0.2) is 59.3 Å². The fourth-order valence-corrected chi connectivity index (χ4v) is 2.18. The number of hydrogen-bond donors (Lipinski definition) is 1. The number of carbonyl (C=O) groups excluding carboxylic acids is 1. The number of aromatic nitrogens is 3. The molecule has 2 aromatic rings. The molecule has 1 amide bonds. The number of azo groups is 1. The molecule has 0 unspecified atom stereocenters. The Labute approximate surface area is 142 Å². The fourth-order valence-electron chi connectivity index (χ4n) is 2.18. The number of nitrogens with one attached hydrogen (secondary N) is 1. The second kappa shape index (κ2) is 7.21. The van der Waals surface area contributed by atoms with Crippen molar-refractivity contribution in [3.05, 3.63) is 28.7 Å². The summed E-state index contributed by atoms with van der Waals surface area (Å²) >= 11 is 0. The molecule has 0 spiro atoms. The van der Waals surface area contributed by atoms with Crippen molar-refractivity contribution in [3.8, 4) is 11.7 Å². The molecule has 2 aromatic heterocycles. The normalized spacial score (nSPS) is 13.8. The van der Waals surface area contributed by atoms with Crippen molar-refractivity contribution in [2.75, 3.05) is 39.2 Å². The standard InChI is InChI=1S/C14H17N7O4/c1-15-17-8-20(2)4-3-9-6-21(14(23)25-9)10-5-16-13-12(18-10)19-11(22)7-24-13/h5-6H,3-4,7-8H2,1-2H3,(H,18,19,22). The monoisotopic (exact) mass is 347 g/mol. The maximum atomic E-state index is 12.1. The summed E-state index contributed by atoms with van der Waals surface area (Å²) in [7, 11) is 3.50. The average Bonchev–Trinajstić information content (AvgIpc) is 2.98. The van der Waals surface area contributed by atoms with Crippen LogP contribution in [0.1, 0.15) is 5.76 Å². The van der Waals surface area contributed by atoms with Gasteiger partial charge in [0.25, 0.3) is 11.8 Å². The van der Waals surface area contributed by atoms with Crippen LogP contribution in [-0.2, 0) is 11.2 Å². The van der Waals surface area contributed by atoms with E-state index in [1.807, 2.05) is 11.9 Å². The van der Waals surface area contributed by atoms with E-state index in [1.165, 1.54) is 10.8 Å². The Hall–Kier alpha value is -3.08. The van der Waals surface area contributed by atoms with Crippen molar-refractivity contribution in [3.63, 3.8) is 0 Å². The molecule has 1 aliphatic heterocycles. The number of hydrogen-bond acceptors (Lipinski definition) is 9. The molecule has 0 radical (unpaired) electrons. The highest BCUT2D eigenvalue weighted by molar-refractivity contribution is 5.93. The lowest BCUT2D eigenvalue weighted by Crippen LogP contribution is -2.27. The lowest BCUT2D eigenvalue weighted by atomic mass is 10.3. The number of carbonyl (C=O) groups is 1. The molecule has 3 heterocycles. The maximum absolute atomic E-state index is 12.1. The van der Waals surface area contributed by atoms with Gasteiger partial charge in [-0.1, -0.05) is 0 Å². The van der Waals surface area contributed by atoms with Gasteiger partial charge in [-0.05, 0) is 7.05 Å². The minimum absolute atomic E-state index is 0.109. The second-order valence-corrected chi connectivity index (χ2v) is 5.36. The van der Waals surface area contributed by atoms with E-state index in [9.17, 15) is 9.59 Å². The zero-order valence-corrected chi connectivity index (χ0v) is 13.8. The zero-order chi connectivity index (χ0) is 17.8. The van der Waals surface area contributed by atoms with Crippen LogP contribution < -0.4 is 15.8 Å². The summed E-state index contributed by atoms with van der Waals surface area (Å²) in [6.45, 7) is 1.01. The van der Waals surface area contributed by atoms with E-state index in [0.717, 1.165) is 0 Å². The summed E-state index contributed by atoms with van der Waals surface area (Å²) in [4.78, 5) is 33.6. The van der Waals surface area contributed by atoms with Gasteiger partial charge < -0.3 is 14.5 Å². The van der Waals surface area contributed by atoms with E-state index in [1.54, 1.807) is 13.2 Å². The van der Waals surface area contributed by atoms with E-state index >= 15 is 0 Å². The molecule has 3 rings (SSSR count). The number of ether oxygens (including phenoxy) is 1. The number of nitrogens with zero attached hydrogens (tertiary/aromatic N) is 6. The van der Waals surface area contributed by atoms with E-state index in [0.29, 0.717) is 25.4 Å². The van der Waals surface area contributed by atoms with Gasteiger partial charge in [-0.25, -0.2) is 19.3 Å². The van der Waals surface area contributed by atoms with Crippen molar-refractivity contribution >= 4 is 11.7 Å². The molecule has 0 saturated heterocycles. The number of likely N-dealkylation sites (N-methyl/N-ethyl adjacent to an activating group) is 1. The maximum Gasteiger partial charge on any atom is 0.425 e. The first-order valence-electron chi connectivity index (χ1n) is 7.52. The topological polar surface area (TPSA) is 127 Å². The molecular weight excluding hydrogens is 330 g/mol. The molecule has 0 saturated carbocycles. The third kappa shape index (κ3) is 3.88. The largest absolute Gasteiger partial charge is 0.465 e. The summed E-state index contributed by atoms with van der Waals surface area (Å²) in [5, 5.41) is 10.1. The van der Waals surface area contributed by atoms with Crippen molar-refractivity contribution in [2.45, 2.75) is 6.42 Å². The number of fused-ring (bicyclic) bond motifs is 1. The highest BCUT2D eigenvalue weighted by Crippen LogP contribution is 2.23. The van der Waals surface area contributed by atoms with Crippen LogP contribution in [0.5, 0.6) is 5.88 Å². The first kappa shape index (κ1) is 16.8. The summed E-state index contributed by atoms with van der Waals surface area (Å²) in [6.07, 6.45) is 3.46. The quantitative estimate of drug-likeness (QED) is 0.732. The van der Waals surface area contributed by atoms with Crippen molar-refractivity contribution in [1.82, 2.24) is 19.4 Å². The molecule has 0 aromatic carbocycles. The zero-order valence-electron chi connectivity index (χ0n) is 13.8. The molecule has 132 valence electrons. The molecule has 11 heteroatoms. The minimum atomic E-state index is -0.580. The molecule has 0 bridgehead atoms. The van der Waals surface area contributed by atoms with Crippen LogP contribution in [0.25, 0.3) is 5.82 Å². The molecule has 11 nitrogen and oxygen atoms in total. The smallest absolute Gasteiger partial charge is 0.425 e. The van der Waals surface area contributed by atoms with Gasteiger partial charge in [0.2, 0.25) is 0 Å². The second-order valence-electron chi connectivity index (χ2n) is 5.36. The van der Waals surface area contributed by atoms with Crippen molar-refractivity contribution < 1.29 is 13.9 Å². The Balaban J connectivity index is 1.75. The van der Waals surface area contributed by atoms with Crippen molar-refractivity contribution in [2.24, 2.45) is 10.2 Å². The Kier molecular flexibility index (Phi) is 4.84. The number of oxazole rings is 1. The Bertz CT molecular complexity index is 857. The summed E-state index contributed by atoms with van der Waals surface area (Å²) < 4.78 is 11.6. The van der Waals surface area contributed by atoms with Crippen LogP contribution in [0.15, 0.2) is 31.8 Å². The first-order valence-corrected chi connectivity index (χ1v) is 7.52. The third-order valence-corrected chi connectivity index (χ3v) is 3.45. The van der Waals surface area contributed by atoms with E-state index in [4.69, 9.17) is 9.15 Å². The van der Waals surface area contributed by atoms with Crippen LogP contribution >= 0.6 is 0 Å². The van der Waals surface area contributed by atoms with Gasteiger partial charge in [0, 0.05) is 20.0 Å². The molecule has 1 N–H and O–H groups in total. The summed E-state index contributed by atoms with van der Waals surface area (Å²) in [5.41, 5.74) is 0. The third-order valence-electron chi connectivity index (χ3n) is 3.45. The van der Waals surface area contributed by atoms with Gasteiger partial charge in [-0.3, -0.25) is 9.69 Å². The highest BCUT2D eigenvalue weighted by atomic mass is 16.5. The lowest BCUT2D eigenvalue weighted by Gasteiger charge is -2.15. The van der Waals surface area contributed by atoms with Crippen molar-refractivity contribution in [1.29, 1.82) is 0 Å². The average molecular weight is 347 g/mol. The van der Waals surface area contributed by atoms with Gasteiger partial charge in [-0.15, -0.1) is 0 Å². The van der Waals surface area contributed by atoms with E-state index < -0.39 is 5.76 Å². The Morgan fingerprint density at radius 1 is 1.44 bits per heavy atom. The minimum Gasteiger partial charge on any atom is -0.465 e. The van der Waals surface area contributed by atoms with Crippen LogP contribution in [0, 0.1) is 0 Å². The van der Waals surface area contributed by atoms with Gasteiger partial charge in [0.05, 0.1) is 12.4 Å². The molecule has 0 atom stereocenters. The molecule has 0 aliphatic carbocycles. The van der Waals surface area contributed by atoms with Crippen LogP contribution in [0.2, 0.25) is 0 Å². The number of anilines is 1. The Morgan fingerprint density at radius 2 is 2.28 bits per heavy atom. The van der Waals surface area contributed by atoms with E-state index in [-0.39, 0.29) is 30.0 Å². The van der Waals surface area contributed by atoms with Crippen LogP contribution in [0.4, 0.5) is 5.82 Å². The molecule has 1 aliphatic rings. The Morgan fingerprint density at radius 3 is 3.08 bits per heavy atom. The lowest BCUT2D eigenvalue weighted by molar-refractivity contribution is -0.118. The number of rotatable bonds is 6. The van der Waals surface area contributed by atoms with E-state index in [2.05, 4.69) is 25.5 Å².